The van der Waals surface area contributed by atoms with Crippen LogP contribution in [0, 0.1) is 17.2 Å². The van der Waals surface area contributed by atoms with Crippen LogP contribution in [-0.4, -0.2) is 36.5 Å². The molecule has 0 aliphatic carbocycles. The number of hydrogen-bond donors (Lipinski definition) is 0. The Balaban J connectivity index is 2.54. The Morgan fingerprint density at radius 1 is 1.11 bits per heavy atom. The fraction of sp³-hybridized carbons (Fsp3) is 0.409. The Morgan fingerprint density at radius 3 is 2.32 bits per heavy atom. The van der Waals surface area contributed by atoms with Gasteiger partial charge in [0.05, 0.1) is 13.2 Å². The summed E-state index contributed by atoms with van der Waals surface area (Å²) in [6.07, 6.45) is 1.69. The molecule has 0 spiro atoms. The number of rotatable bonds is 7. The van der Waals surface area contributed by atoms with Crippen molar-refractivity contribution < 1.29 is 19.1 Å². The van der Waals surface area contributed by atoms with Gasteiger partial charge in [0.15, 0.2) is 11.5 Å². The molecule has 6 heteroatoms. The van der Waals surface area contributed by atoms with E-state index in [4.69, 9.17) is 9.47 Å². The second kappa shape index (κ2) is 9.23. The van der Waals surface area contributed by atoms with Crippen molar-refractivity contribution in [1.82, 2.24) is 4.90 Å². The maximum absolute atomic E-state index is 13.0. The fourth-order valence-electron chi connectivity index (χ4n) is 2.98. The van der Waals surface area contributed by atoms with Crippen LogP contribution in [0.2, 0.25) is 0 Å². The van der Waals surface area contributed by atoms with Gasteiger partial charge in [-0.3, -0.25) is 14.5 Å². The number of imide groups is 1. The van der Waals surface area contributed by atoms with Gasteiger partial charge in [-0.2, -0.15) is 5.26 Å². The van der Waals surface area contributed by atoms with Crippen LogP contribution in [0.1, 0.15) is 40.2 Å². The van der Waals surface area contributed by atoms with Crippen molar-refractivity contribution in [2.45, 2.75) is 34.6 Å². The molecule has 0 radical (unpaired) electrons. The quantitative estimate of drug-likeness (QED) is 0.530. The van der Waals surface area contributed by atoms with E-state index < -0.39 is 5.91 Å². The third kappa shape index (κ3) is 4.42. The third-order valence-corrected chi connectivity index (χ3v) is 4.25. The first kappa shape index (κ1) is 21.2. The summed E-state index contributed by atoms with van der Waals surface area (Å²) >= 11 is 0. The van der Waals surface area contributed by atoms with Gasteiger partial charge in [0.1, 0.15) is 11.6 Å². The fourth-order valence-corrected chi connectivity index (χ4v) is 2.98. The first-order valence-corrected chi connectivity index (χ1v) is 9.42. The van der Waals surface area contributed by atoms with Crippen LogP contribution in [0.5, 0.6) is 11.5 Å². The summed E-state index contributed by atoms with van der Waals surface area (Å²) in [5.74, 6) is 0.393. The molecule has 1 aliphatic rings. The van der Waals surface area contributed by atoms with E-state index in [1.165, 1.54) is 0 Å². The topological polar surface area (TPSA) is 79.6 Å². The minimum Gasteiger partial charge on any atom is -0.490 e. The Morgan fingerprint density at radius 2 is 1.75 bits per heavy atom. The number of ether oxygens (including phenoxy) is 2. The van der Waals surface area contributed by atoms with Crippen LogP contribution in [0.4, 0.5) is 0 Å². The molecule has 0 saturated carbocycles. The molecule has 2 amide bonds. The van der Waals surface area contributed by atoms with Gasteiger partial charge in [0.25, 0.3) is 11.8 Å². The maximum atomic E-state index is 13.0. The summed E-state index contributed by atoms with van der Waals surface area (Å²) in [6, 6.07) is 7.34. The third-order valence-electron chi connectivity index (χ3n) is 4.25. The smallest absolute Gasteiger partial charge is 0.271 e. The summed E-state index contributed by atoms with van der Waals surface area (Å²) in [7, 11) is 0. The number of nitriles is 1. The predicted octanol–water partition coefficient (Wildman–Crippen LogP) is 3.73. The molecule has 0 bridgehead atoms. The second-order valence-electron chi connectivity index (χ2n) is 6.86. The van der Waals surface area contributed by atoms with Gasteiger partial charge in [0, 0.05) is 12.1 Å². The molecule has 0 saturated heterocycles. The molecule has 148 valence electrons. The summed E-state index contributed by atoms with van der Waals surface area (Å²) in [6.45, 7) is 10.5. The standard InChI is InChI=1S/C22H26N2O4/c1-6-27-19-9-8-16(11-20(19)28-7-2)10-17-15(5)18(12-23)22(26)24(21(17)25)13-14(3)4/h8-11,14H,6-7,13H2,1-5H3/b17-10+. The number of benzene rings is 1. The zero-order valence-corrected chi connectivity index (χ0v) is 17.0. The number of carbonyl (C=O) groups is 2. The lowest BCUT2D eigenvalue weighted by Gasteiger charge is -2.28. The highest BCUT2D eigenvalue weighted by molar-refractivity contribution is 6.19. The predicted molar refractivity (Wildman–Crippen MR) is 107 cm³/mol. The van der Waals surface area contributed by atoms with E-state index in [9.17, 15) is 14.9 Å². The first-order valence-electron chi connectivity index (χ1n) is 9.42. The molecular formula is C22H26N2O4. The van der Waals surface area contributed by atoms with Crippen LogP contribution in [0.25, 0.3) is 6.08 Å². The lowest BCUT2D eigenvalue weighted by atomic mass is 9.93. The lowest BCUT2D eigenvalue weighted by molar-refractivity contribution is -0.141. The van der Waals surface area contributed by atoms with Gasteiger partial charge in [-0.05, 0) is 56.0 Å². The van der Waals surface area contributed by atoms with Gasteiger partial charge in [-0.15, -0.1) is 0 Å². The first-order chi connectivity index (χ1) is 13.3. The summed E-state index contributed by atoms with van der Waals surface area (Å²) in [5.41, 5.74) is 1.46. The normalized spacial score (nSPS) is 16.0. The Labute approximate surface area is 166 Å². The van der Waals surface area contributed by atoms with Crippen LogP contribution >= 0.6 is 0 Å². The number of amides is 2. The SMILES string of the molecule is CCOc1ccc(/C=C2/C(=O)N(CC(C)C)C(=O)C(C#N)=C2C)cc1OCC. The summed E-state index contributed by atoms with van der Waals surface area (Å²) in [4.78, 5) is 26.6. The molecule has 1 heterocycles. The largest absolute Gasteiger partial charge is 0.490 e. The van der Waals surface area contributed by atoms with E-state index in [0.717, 1.165) is 10.5 Å². The molecule has 0 fully saturated rings. The minimum atomic E-state index is -0.530. The summed E-state index contributed by atoms with van der Waals surface area (Å²) < 4.78 is 11.2. The highest BCUT2D eigenvalue weighted by Gasteiger charge is 2.35. The Hall–Kier alpha value is -3.07. The monoisotopic (exact) mass is 382 g/mol. The molecule has 28 heavy (non-hydrogen) atoms. The molecule has 6 nitrogen and oxygen atoms in total. The number of carbonyl (C=O) groups excluding carboxylic acids is 2. The molecule has 0 N–H and O–H groups in total. The highest BCUT2D eigenvalue weighted by Crippen LogP contribution is 2.32. The van der Waals surface area contributed by atoms with Crippen LogP contribution in [0.3, 0.4) is 0 Å². The Bertz CT molecular complexity index is 875. The van der Waals surface area contributed by atoms with Gasteiger partial charge >= 0.3 is 0 Å². The van der Waals surface area contributed by atoms with Gasteiger partial charge in [-0.1, -0.05) is 19.9 Å². The number of nitrogens with zero attached hydrogens (tertiary/aromatic N) is 2. The van der Waals surface area contributed by atoms with Gasteiger partial charge in [-0.25, -0.2) is 0 Å². The van der Waals surface area contributed by atoms with Crippen LogP contribution in [-0.2, 0) is 9.59 Å². The van der Waals surface area contributed by atoms with E-state index in [2.05, 4.69) is 0 Å². The van der Waals surface area contributed by atoms with Crippen molar-refractivity contribution in [3.05, 3.63) is 40.5 Å². The van der Waals surface area contributed by atoms with Crippen molar-refractivity contribution in [3.63, 3.8) is 0 Å². The lowest BCUT2D eigenvalue weighted by Crippen LogP contribution is -2.44. The van der Waals surface area contributed by atoms with Gasteiger partial charge in [0.2, 0.25) is 0 Å². The van der Waals surface area contributed by atoms with E-state index in [1.807, 2.05) is 39.8 Å². The van der Waals surface area contributed by atoms with Gasteiger partial charge < -0.3 is 9.47 Å². The van der Waals surface area contributed by atoms with Crippen LogP contribution < -0.4 is 9.47 Å². The van der Waals surface area contributed by atoms with E-state index in [1.54, 1.807) is 25.1 Å². The van der Waals surface area contributed by atoms with E-state index >= 15 is 0 Å². The van der Waals surface area contributed by atoms with E-state index in [0.29, 0.717) is 35.9 Å². The molecule has 2 rings (SSSR count). The van der Waals surface area contributed by atoms with Crippen molar-refractivity contribution in [3.8, 4) is 17.6 Å². The Kier molecular flexibility index (Phi) is 7.00. The average Bonchev–Trinajstić information content (AvgIpc) is 2.65. The molecule has 0 atom stereocenters. The average molecular weight is 382 g/mol. The highest BCUT2D eigenvalue weighted by atomic mass is 16.5. The molecule has 1 aromatic carbocycles. The second-order valence-corrected chi connectivity index (χ2v) is 6.86. The van der Waals surface area contributed by atoms with E-state index in [-0.39, 0.29) is 23.9 Å². The number of hydrogen-bond acceptors (Lipinski definition) is 5. The molecule has 1 aromatic rings. The maximum Gasteiger partial charge on any atom is 0.271 e. The molecule has 1 aliphatic heterocycles. The minimum absolute atomic E-state index is 0.00229. The molecule has 0 aromatic heterocycles. The zero-order valence-electron chi connectivity index (χ0n) is 17.0. The zero-order chi connectivity index (χ0) is 20.8. The van der Waals surface area contributed by atoms with Crippen molar-refractivity contribution in [2.24, 2.45) is 5.92 Å². The molecule has 0 unspecified atom stereocenters. The molecular weight excluding hydrogens is 356 g/mol. The van der Waals surface area contributed by atoms with Crippen LogP contribution in [0.15, 0.2) is 34.9 Å². The summed E-state index contributed by atoms with van der Waals surface area (Å²) in [5, 5.41) is 9.43. The van der Waals surface area contributed by atoms with Crippen molar-refractivity contribution in [2.75, 3.05) is 19.8 Å². The van der Waals surface area contributed by atoms with Crippen molar-refractivity contribution >= 4 is 17.9 Å². The van der Waals surface area contributed by atoms with Crippen molar-refractivity contribution in [1.29, 1.82) is 5.26 Å².